The second kappa shape index (κ2) is 5.27. The van der Waals surface area contributed by atoms with Gasteiger partial charge in [0, 0.05) is 6.61 Å². The van der Waals surface area contributed by atoms with Gasteiger partial charge in [0.1, 0.15) is 0 Å². The Hall–Kier alpha value is -2.08. The van der Waals surface area contributed by atoms with Crippen molar-refractivity contribution in [3.8, 4) is 0 Å². The number of H-pyrrole nitrogens is 1. The highest BCUT2D eigenvalue weighted by Crippen LogP contribution is 2.18. The number of carboxylic acid groups (broad SMARTS) is 1. The third kappa shape index (κ3) is 2.39. The third-order valence-corrected chi connectivity index (χ3v) is 2.99. The van der Waals surface area contributed by atoms with E-state index in [0.29, 0.717) is 24.2 Å². The van der Waals surface area contributed by atoms with E-state index in [9.17, 15) is 9.59 Å². The number of rotatable bonds is 5. The van der Waals surface area contributed by atoms with Gasteiger partial charge in [-0.2, -0.15) is 0 Å². The smallest absolute Gasteiger partial charge is 0.337 e. The van der Waals surface area contributed by atoms with Crippen LogP contribution < -0.4 is 5.69 Å². The molecule has 0 saturated heterocycles. The number of aromatic nitrogens is 2. The Morgan fingerprint density at radius 1 is 1.53 bits per heavy atom. The van der Waals surface area contributed by atoms with Crippen LogP contribution >= 0.6 is 0 Å². The summed E-state index contributed by atoms with van der Waals surface area (Å²) in [6, 6.07) is 4.66. The summed E-state index contributed by atoms with van der Waals surface area (Å²) in [7, 11) is 0. The largest absolute Gasteiger partial charge is 0.478 e. The van der Waals surface area contributed by atoms with E-state index >= 15 is 0 Å². The number of nitrogens with zero attached hydrogens (tertiary/aromatic N) is 1. The Morgan fingerprint density at radius 2 is 2.26 bits per heavy atom. The van der Waals surface area contributed by atoms with Crippen LogP contribution in [0.1, 0.15) is 30.2 Å². The summed E-state index contributed by atoms with van der Waals surface area (Å²) in [5, 5.41) is 9.11. The van der Waals surface area contributed by atoms with Gasteiger partial charge in [-0.3, -0.25) is 4.57 Å². The number of hydrogen-bond acceptors (Lipinski definition) is 3. The molecular weight excluding hydrogens is 248 g/mol. The van der Waals surface area contributed by atoms with E-state index in [-0.39, 0.29) is 17.3 Å². The molecule has 6 nitrogen and oxygen atoms in total. The van der Waals surface area contributed by atoms with Gasteiger partial charge in [0.25, 0.3) is 0 Å². The molecule has 19 heavy (non-hydrogen) atoms. The molecule has 2 N–H and O–H groups in total. The maximum Gasteiger partial charge on any atom is 0.337 e. The first-order valence-electron chi connectivity index (χ1n) is 6.10. The van der Waals surface area contributed by atoms with Gasteiger partial charge in [-0.05, 0) is 26.0 Å². The Balaban J connectivity index is 2.57. The van der Waals surface area contributed by atoms with Crippen LogP contribution in [-0.2, 0) is 4.74 Å². The molecule has 0 bridgehead atoms. The lowest BCUT2D eigenvalue weighted by Gasteiger charge is -2.13. The first kappa shape index (κ1) is 13.4. The summed E-state index contributed by atoms with van der Waals surface area (Å²) >= 11 is 0. The molecule has 2 rings (SSSR count). The number of aromatic amines is 1. The number of para-hydroxylation sites is 1. The molecule has 0 spiro atoms. The molecule has 0 saturated carbocycles. The summed E-state index contributed by atoms with van der Waals surface area (Å²) in [5.74, 6) is -1.06. The molecule has 1 heterocycles. The fraction of sp³-hybridized carbons (Fsp3) is 0.385. The number of nitrogens with one attached hydrogen (secondary N) is 1. The molecule has 6 heteroatoms. The van der Waals surface area contributed by atoms with Gasteiger partial charge in [-0.1, -0.05) is 6.07 Å². The van der Waals surface area contributed by atoms with E-state index in [1.54, 1.807) is 12.1 Å². The zero-order valence-corrected chi connectivity index (χ0v) is 10.8. The van der Waals surface area contributed by atoms with Crippen LogP contribution in [0.25, 0.3) is 11.0 Å². The SMILES string of the molecule is CCOCC(C)n1c(=O)[nH]c2c(C(=O)O)cccc21. The van der Waals surface area contributed by atoms with Gasteiger partial charge in [0.2, 0.25) is 0 Å². The summed E-state index contributed by atoms with van der Waals surface area (Å²) in [5.41, 5.74) is 0.702. The standard InChI is InChI=1S/C13H16N2O4/c1-3-19-7-8(2)15-10-6-4-5-9(12(16)17)11(10)14-13(15)18/h4-6,8H,3,7H2,1-2H3,(H,14,18)(H,16,17). The van der Waals surface area contributed by atoms with Gasteiger partial charge in [0.05, 0.1) is 29.2 Å². The molecule has 1 aromatic carbocycles. The molecular formula is C13H16N2O4. The van der Waals surface area contributed by atoms with E-state index in [0.717, 1.165) is 0 Å². The van der Waals surface area contributed by atoms with Crippen molar-refractivity contribution in [2.45, 2.75) is 19.9 Å². The number of benzene rings is 1. The molecule has 0 aliphatic heterocycles. The van der Waals surface area contributed by atoms with Crippen molar-refractivity contribution in [1.29, 1.82) is 0 Å². The number of ether oxygens (including phenoxy) is 1. The quantitative estimate of drug-likeness (QED) is 0.859. The van der Waals surface area contributed by atoms with E-state index < -0.39 is 5.97 Å². The van der Waals surface area contributed by atoms with Gasteiger partial charge in [-0.15, -0.1) is 0 Å². The monoisotopic (exact) mass is 264 g/mol. The lowest BCUT2D eigenvalue weighted by molar-refractivity contribution is 0.0699. The zero-order valence-electron chi connectivity index (χ0n) is 10.8. The maximum absolute atomic E-state index is 12.0. The highest BCUT2D eigenvalue weighted by atomic mass is 16.5. The van der Waals surface area contributed by atoms with Gasteiger partial charge >= 0.3 is 11.7 Å². The number of carboxylic acids is 1. The molecule has 2 aromatic rings. The third-order valence-electron chi connectivity index (χ3n) is 2.99. The fourth-order valence-corrected chi connectivity index (χ4v) is 2.13. The summed E-state index contributed by atoms with van der Waals surface area (Å²) in [4.78, 5) is 25.7. The number of imidazole rings is 1. The maximum atomic E-state index is 12.0. The normalized spacial score (nSPS) is 12.7. The van der Waals surface area contributed by atoms with Gasteiger partial charge in [-0.25, -0.2) is 9.59 Å². The Morgan fingerprint density at radius 3 is 2.89 bits per heavy atom. The average Bonchev–Trinajstić information content (AvgIpc) is 2.71. The first-order chi connectivity index (χ1) is 9.06. The van der Waals surface area contributed by atoms with Crippen LogP contribution in [0.4, 0.5) is 0 Å². The second-order valence-corrected chi connectivity index (χ2v) is 4.31. The van der Waals surface area contributed by atoms with Crippen LogP contribution in [-0.4, -0.2) is 33.8 Å². The first-order valence-corrected chi connectivity index (χ1v) is 6.10. The van der Waals surface area contributed by atoms with E-state index in [4.69, 9.17) is 9.84 Å². The minimum absolute atomic E-state index is 0.0944. The van der Waals surface area contributed by atoms with Gasteiger partial charge in [0.15, 0.2) is 0 Å². The molecule has 0 radical (unpaired) electrons. The Labute approximate surface area is 109 Å². The number of fused-ring (bicyclic) bond motifs is 1. The van der Waals surface area contributed by atoms with Crippen LogP contribution in [0.3, 0.4) is 0 Å². The lowest BCUT2D eigenvalue weighted by atomic mass is 10.2. The van der Waals surface area contributed by atoms with Crippen molar-refractivity contribution >= 4 is 17.0 Å². The highest BCUT2D eigenvalue weighted by Gasteiger charge is 2.17. The molecule has 0 aliphatic carbocycles. The van der Waals surface area contributed by atoms with Crippen LogP contribution in [0, 0.1) is 0 Å². The number of carbonyl (C=O) groups is 1. The minimum Gasteiger partial charge on any atom is -0.478 e. The van der Waals surface area contributed by atoms with Gasteiger partial charge < -0.3 is 14.8 Å². The lowest BCUT2D eigenvalue weighted by Crippen LogP contribution is -2.23. The Bertz CT molecular complexity index is 656. The molecule has 1 unspecified atom stereocenters. The zero-order chi connectivity index (χ0) is 14.0. The predicted molar refractivity (Wildman–Crippen MR) is 70.7 cm³/mol. The van der Waals surface area contributed by atoms with Crippen molar-refractivity contribution in [3.05, 3.63) is 34.2 Å². The summed E-state index contributed by atoms with van der Waals surface area (Å²) in [6.07, 6.45) is 0. The molecule has 0 aliphatic rings. The van der Waals surface area contributed by atoms with Crippen molar-refractivity contribution in [2.24, 2.45) is 0 Å². The van der Waals surface area contributed by atoms with Crippen LogP contribution in [0.15, 0.2) is 23.0 Å². The number of hydrogen-bond donors (Lipinski definition) is 2. The molecule has 1 atom stereocenters. The average molecular weight is 264 g/mol. The molecule has 102 valence electrons. The van der Waals surface area contributed by atoms with Crippen molar-refractivity contribution in [3.63, 3.8) is 0 Å². The van der Waals surface area contributed by atoms with Crippen molar-refractivity contribution in [1.82, 2.24) is 9.55 Å². The minimum atomic E-state index is -1.06. The Kier molecular flexibility index (Phi) is 3.71. The van der Waals surface area contributed by atoms with Crippen molar-refractivity contribution < 1.29 is 14.6 Å². The highest BCUT2D eigenvalue weighted by molar-refractivity contribution is 6.00. The molecule has 1 aromatic heterocycles. The van der Waals surface area contributed by atoms with E-state index in [1.807, 2.05) is 13.8 Å². The number of aromatic carboxylic acids is 1. The van der Waals surface area contributed by atoms with E-state index in [2.05, 4.69) is 4.98 Å². The van der Waals surface area contributed by atoms with Crippen LogP contribution in [0.2, 0.25) is 0 Å². The van der Waals surface area contributed by atoms with E-state index in [1.165, 1.54) is 10.6 Å². The topological polar surface area (TPSA) is 84.3 Å². The second-order valence-electron chi connectivity index (χ2n) is 4.31. The van der Waals surface area contributed by atoms with Crippen molar-refractivity contribution in [2.75, 3.05) is 13.2 Å². The molecule has 0 amide bonds. The fourth-order valence-electron chi connectivity index (χ4n) is 2.13. The summed E-state index contributed by atoms with van der Waals surface area (Å²) in [6.45, 7) is 4.72. The summed E-state index contributed by atoms with van der Waals surface area (Å²) < 4.78 is 6.84. The predicted octanol–water partition coefficient (Wildman–Crippen LogP) is 1.63. The van der Waals surface area contributed by atoms with Crippen LogP contribution in [0.5, 0.6) is 0 Å². The molecule has 0 fully saturated rings.